The molecule has 0 nitrogen and oxygen atoms in total. The molecule has 184 valence electrons. The molecule has 2 aliphatic rings. The van der Waals surface area contributed by atoms with Gasteiger partial charge < -0.3 is 0 Å². The highest BCUT2D eigenvalue weighted by Gasteiger charge is 2.48. The molecule has 6 aromatic carbocycles. The predicted octanol–water partition coefficient (Wildman–Crippen LogP) is 10.3. The number of benzene rings is 6. The normalized spacial score (nSPS) is 14.2. The molecule has 0 saturated heterocycles. The molecular formula is C37H24S2. The average molecular weight is 533 g/mol. The van der Waals surface area contributed by atoms with Gasteiger partial charge in [0.05, 0.1) is 5.41 Å². The largest absolute Gasteiger partial charge is 0.0894 e. The first-order valence-electron chi connectivity index (χ1n) is 13.3. The average Bonchev–Trinajstić information content (AvgIpc) is 3.01. The molecule has 0 fully saturated rings. The monoisotopic (exact) mass is 532 g/mol. The second kappa shape index (κ2) is 9.05. The Morgan fingerprint density at radius 1 is 0.308 bits per heavy atom. The van der Waals surface area contributed by atoms with E-state index < -0.39 is 0 Å². The van der Waals surface area contributed by atoms with Gasteiger partial charge in [0.25, 0.3) is 0 Å². The van der Waals surface area contributed by atoms with Gasteiger partial charge >= 0.3 is 0 Å². The van der Waals surface area contributed by atoms with Gasteiger partial charge in [-0.25, -0.2) is 0 Å². The van der Waals surface area contributed by atoms with E-state index in [1.165, 1.54) is 64.1 Å². The Labute approximate surface area is 237 Å². The molecule has 0 N–H and O–H groups in total. The quantitative estimate of drug-likeness (QED) is 0.217. The Morgan fingerprint density at radius 3 is 1.18 bits per heavy atom. The number of hydrogen-bond acceptors (Lipinski definition) is 2. The van der Waals surface area contributed by atoms with Crippen LogP contribution in [0.15, 0.2) is 165 Å². The zero-order valence-corrected chi connectivity index (χ0v) is 22.8. The first-order valence-corrected chi connectivity index (χ1v) is 14.9. The summed E-state index contributed by atoms with van der Waals surface area (Å²) >= 11 is 3.80. The van der Waals surface area contributed by atoms with E-state index in [1.54, 1.807) is 0 Å². The molecule has 0 amide bonds. The molecule has 0 atom stereocenters. The van der Waals surface area contributed by atoms with E-state index in [2.05, 4.69) is 146 Å². The third-order valence-electron chi connectivity index (χ3n) is 8.01. The van der Waals surface area contributed by atoms with Crippen molar-refractivity contribution in [2.45, 2.75) is 25.0 Å². The van der Waals surface area contributed by atoms with Gasteiger partial charge in [0, 0.05) is 19.6 Å². The summed E-state index contributed by atoms with van der Waals surface area (Å²) in [5, 5.41) is 0. The van der Waals surface area contributed by atoms with Crippen LogP contribution in [0.3, 0.4) is 0 Å². The van der Waals surface area contributed by atoms with Crippen LogP contribution in [0.5, 0.6) is 0 Å². The Balaban J connectivity index is 1.46. The van der Waals surface area contributed by atoms with Crippen LogP contribution in [0.25, 0.3) is 22.3 Å². The maximum atomic E-state index is 2.40. The van der Waals surface area contributed by atoms with Gasteiger partial charge in [-0.2, -0.15) is 0 Å². The summed E-state index contributed by atoms with van der Waals surface area (Å²) in [5.41, 5.74) is 10.1. The zero-order valence-electron chi connectivity index (χ0n) is 21.2. The van der Waals surface area contributed by atoms with Crippen molar-refractivity contribution in [1.82, 2.24) is 0 Å². The Morgan fingerprint density at radius 2 is 0.692 bits per heavy atom. The van der Waals surface area contributed by atoms with E-state index in [-0.39, 0.29) is 5.41 Å². The summed E-state index contributed by atoms with van der Waals surface area (Å²) in [6, 6.07) is 53.7. The van der Waals surface area contributed by atoms with Gasteiger partial charge in [0.15, 0.2) is 0 Å². The summed E-state index contributed by atoms with van der Waals surface area (Å²) < 4.78 is 0. The SMILES string of the molecule is c1ccc(-c2ccc3c(c2)Sc2cc(-c4ccccc4)ccc2C32c3ccccc3Sc3ccccc32)cc1. The minimum absolute atomic E-state index is 0.376. The van der Waals surface area contributed by atoms with Crippen molar-refractivity contribution in [3.8, 4) is 22.3 Å². The molecule has 2 heteroatoms. The lowest BCUT2D eigenvalue weighted by Gasteiger charge is -2.45. The molecular weight excluding hydrogens is 509 g/mol. The first kappa shape index (κ1) is 23.0. The fourth-order valence-electron chi connectivity index (χ4n) is 6.29. The summed E-state index contributed by atoms with van der Waals surface area (Å²) in [6.45, 7) is 0. The van der Waals surface area contributed by atoms with E-state index in [1.807, 2.05) is 23.5 Å². The molecule has 2 heterocycles. The number of hydrogen-bond donors (Lipinski definition) is 0. The van der Waals surface area contributed by atoms with E-state index >= 15 is 0 Å². The number of rotatable bonds is 2. The minimum atomic E-state index is -0.376. The van der Waals surface area contributed by atoms with Crippen LogP contribution in [0.4, 0.5) is 0 Å². The van der Waals surface area contributed by atoms with Crippen LogP contribution in [0.1, 0.15) is 22.3 Å². The van der Waals surface area contributed by atoms with Gasteiger partial charge in [0.1, 0.15) is 0 Å². The molecule has 0 saturated carbocycles. The zero-order chi connectivity index (χ0) is 25.8. The maximum absolute atomic E-state index is 2.40. The van der Waals surface area contributed by atoms with Crippen molar-refractivity contribution < 1.29 is 0 Å². The minimum Gasteiger partial charge on any atom is -0.0894 e. The molecule has 6 aromatic rings. The molecule has 39 heavy (non-hydrogen) atoms. The van der Waals surface area contributed by atoms with Crippen LogP contribution in [-0.2, 0) is 5.41 Å². The molecule has 0 aliphatic carbocycles. The Bertz CT molecular complexity index is 1720. The highest BCUT2D eigenvalue weighted by atomic mass is 32.2. The van der Waals surface area contributed by atoms with E-state index in [0.29, 0.717) is 0 Å². The van der Waals surface area contributed by atoms with Crippen molar-refractivity contribution in [1.29, 1.82) is 0 Å². The van der Waals surface area contributed by atoms with Gasteiger partial charge in [0.2, 0.25) is 0 Å². The molecule has 0 unspecified atom stereocenters. The smallest absolute Gasteiger partial charge is 0.0745 e. The summed E-state index contributed by atoms with van der Waals surface area (Å²) in [4.78, 5) is 5.31. The maximum Gasteiger partial charge on any atom is 0.0745 e. The fraction of sp³-hybridized carbons (Fsp3) is 0.0270. The van der Waals surface area contributed by atoms with Crippen LogP contribution < -0.4 is 0 Å². The Hall–Kier alpha value is -3.98. The van der Waals surface area contributed by atoms with Crippen molar-refractivity contribution in [3.63, 3.8) is 0 Å². The highest BCUT2D eigenvalue weighted by molar-refractivity contribution is 8.00. The van der Waals surface area contributed by atoms with Crippen molar-refractivity contribution in [2.75, 3.05) is 0 Å². The third kappa shape index (κ3) is 3.49. The standard InChI is InChI=1S/C37H24S2/c1-3-11-25(12-4-1)27-19-21-31-35(23-27)39-36-24-28(26-13-5-2-6-14-26)20-22-32(36)37(31)29-15-7-9-17-33(29)38-34-18-10-8-16-30(34)37/h1-24H. The second-order valence-corrected chi connectivity index (χ2v) is 12.3. The van der Waals surface area contributed by atoms with Crippen LogP contribution in [0, 0.1) is 0 Å². The van der Waals surface area contributed by atoms with E-state index in [9.17, 15) is 0 Å². The Kier molecular flexibility index (Phi) is 5.33. The summed E-state index contributed by atoms with van der Waals surface area (Å²) in [5.74, 6) is 0. The van der Waals surface area contributed by atoms with Gasteiger partial charge in [-0.15, -0.1) is 0 Å². The van der Waals surface area contributed by atoms with Crippen LogP contribution in [0.2, 0.25) is 0 Å². The summed E-state index contributed by atoms with van der Waals surface area (Å²) in [7, 11) is 0. The lowest BCUT2D eigenvalue weighted by molar-refractivity contribution is 0.667. The van der Waals surface area contributed by atoms with Gasteiger partial charge in [-0.3, -0.25) is 0 Å². The lowest BCUT2D eigenvalue weighted by Crippen LogP contribution is -2.36. The van der Waals surface area contributed by atoms with Crippen molar-refractivity contribution in [2.24, 2.45) is 0 Å². The molecule has 0 radical (unpaired) electrons. The molecule has 0 aromatic heterocycles. The molecule has 8 rings (SSSR count). The second-order valence-electron chi connectivity index (χ2n) is 10.1. The highest BCUT2D eigenvalue weighted by Crippen LogP contribution is 2.62. The fourth-order valence-corrected chi connectivity index (χ4v) is 8.76. The van der Waals surface area contributed by atoms with Crippen LogP contribution >= 0.6 is 23.5 Å². The van der Waals surface area contributed by atoms with E-state index in [4.69, 9.17) is 0 Å². The van der Waals surface area contributed by atoms with Crippen LogP contribution in [-0.4, -0.2) is 0 Å². The molecule has 0 bridgehead atoms. The van der Waals surface area contributed by atoms with E-state index in [0.717, 1.165) is 0 Å². The summed E-state index contributed by atoms with van der Waals surface area (Å²) in [6.07, 6.45) is 0. The van der Waals surface area contributed by atoms with Crippen molar-refractivity contribution in [3.05, 3.63) is 168 Å². The van der Waals surface area contributed by atoms with Crippen molar-refractivity contribution >= 4 is 23.5 Å². The molecule has 2 aliphatic heterocycles. The van der Waals surface area contributed by atoms with Gasteiger partial charge in [-0.1, -0.05) is 145 Å². The van der Waals surface area contributed by atoms with Gasteiger partial charge in [-0.05, 0) is 68.8 Å². The molecule has 1 spiro atoms. The first-order chi connectivity index (χ1) is 19.3. The topological polar surface area (TPSA) is 0 Å². The number of fused-ring (bicyclic) bond motifs is 8. The third-order valence-corrected chi connectivity index (χ3v) is 10.3. The predicted molar refractivity (Wildman–Crippen MR) is 164 cm³/mol. The lowest BCUT2D eigenvalue weighted by atomic mass is 9.64.